The van der Waals surface area contributed by atoms with Crippen LogP contribution in [-0.4, -0.2) is 36.6 Å². The number of halogens is 4. The van der Waals surface area contributed by atoms with E-state index < -0.39 is 57.7 Å². The van der Waals surface area contributed by atoms with Gasteiger partial charge in [0.1, 0.15) is 0 Å². The van der Waals surface area contributed by atoms with Gasteiger partial charge in [-0.15, -0.1) is 9.05 Å². The highest BCUT2D eigenvalue weighted by molar-refractivity contribution is 7.33. The van der Waals surface area contributed by atoms with Gasteiger partial charge in [-0.25, -0.2) is 0 Å². The second-order valence-corrected chi connectivity index (χ2v) is 7.96. The van der Waals surface area contributed by atoms with E-state index in [0.717, 1.165) is 0 Å². The van der Waals surface area contributed by atoms with Gasteiger partial charge >= 0.3 is 20.1 Å². The molecule has 0 radical (unpaired) electrons. The van der Waals surface area contributed by atoms with Crippen LogP contribution in [0.2, 0.25) is 0 Å². The first-order valence-corrected chi connectivity index (χ1v) is 10.8. The minimum atomic E-state index is -3.73. The molecule has 5 nitrogen and oxygen atoms in total. The first-order valence-electron chi connectivity index (χ1n) is 9.73. The molecule has 0 spiro atoms. The standard InChI is InChI=1S/C22H22F4O5P/c23-21(24,13-11-17-7-3-1-4-8-17)19(27)15-30-32(29)31-16-20(28)22(25,26)14-12-18-9-5-2-6-10-18/h1-10H,11-16H2/q+1. The second kappa shape index (κ2) is 11.9. The molecule has 0 aromatic heterocycles. The molecule has 10 heteroatoms. The maximum atomic E-state index is 13.9. The highest BCUT2D eigenvalue weighted by Crippen LogP contribution is 2.29. The molecule has 0 heterocycles. The van der Waals surface area contributed by atoms with Crippen molar-refractivity contribution in [2.75, 3.05) is 13.2 Å². The molecular formula is C22H22F4O5P+. The van der Waals surface area contributed by atoms with Gasteiger partial charge in [0.2, 0.25) is 11.6 Å². The Bertz CT molecular complexity index is 834. The van der Waals surface area contributed by atoms with E-state index in [1.165, 1.54) is 0 Å². The van der Waals surface area contributed by atoms with Crippen LogP contribution in [0.25, 0.3) is 0 Å². The van der Waals surface area contributed by atoms with Crippen LogP contribution in [0.5, 0.6) is 0 Å². The Hall–Kier alpha value is -2.48. The number of carbonyl (C=O) groups is 2. The topological polar surface area (TPSA) is 69.7 Å². The Kier molecular flexibility index (Phi) is 9.62. The molecule has 0 atom stereocenters. The summed E-state index contributed by atoms with van der Waals surface area (Å²) in [5.41, 5.74) is 1.23. The van der Waals surface area contributed by atoms with Gasteiger partial charge in [-0.2, -0.15) is 17.6 Å². The molecule has 0 saturated heterocycles. The average molecular weight is 473 g/mol. The number of carbonyl (C=O) groups excluding carboxylic acids is 2. The van der Waals surface area contributed by atoms with Crippen molar-refractivity contribution in [3.8, 4) is 0 Å². The lowest BCUT2D eigenvalue weighted by atomic mass is 10.0. The van der Waals surface area contributed by atoms with Crippen molar-refractivity contribution in [2.45, 2.75) is 37.5 Å². The average Bonchev–Trinajstić information content (AvgIpc) is 2.79. The Balaban J connectivity index is 1.72. The lowest BCUT2D eigenvalue weighted by molar-refractivity contribution is -0.147. The number of hydrogen-bond acceptors (Lipinski definition) is 5. The van der Waals surface area contributed by atoms with Crippen molar-refractivity contribution in [1.29, 1.82) is 0 Å². The predicted molar refractivity (Wildman–Crippen MR) is 109 cm³/mol. The summed E-state index contributed by atoms with van der Waals surface area (Å²) in [6.45, 7) is -2.48. The zero-order valence-corrected chi connectivity index (χ0v) is 17.9. The SMILES string of the molecule is O=C(CO[P+](=O)OCC(=O)C(F)(F)CCc1ccccc1)C(F)(F)CCc1ccccc1. The Morgan fingerprint density at radius 2 is 1.03 bits per heavy atom. The first-order chi connectivity index (χ1) is 15.1. The molecule has 2 aromatic rings. The molecule has 0 fully saturated rings. The van der Waals surface area contributed by atoms with Crippen LogP contribution < -0.4 is 0 Å². The summed E-state index contributed by atoms with van der Waals surface area (Å²) >= 11 is 0. The van der Waals surface area contributed by atoms with Gasteiger partial charge in [0, 0.05) is 17.4 Å². The van der Waals surface area contributed by atoms with Gasteiger partial charge in [-0.05, 0) is 24.0 Å². The normalized spacial score (nSPS) is 11.9. The molecule has 0 aliphatic heterocycles. The molecule has 0 aliphatic rings. The number of aryl methyl sites for hydroxylation is 2. The summed E-state index contributed by atoms with van der Waals surface area (Å²) in [7, 11) is -3.20. The van der Waals surface area contributed by atoms with E-state index in [1.54, 1.807) is 60.7 Å². The van der Waals surface area contributed by atoms with Crippen LogP contribution in [0.4, 0.5) is 17.6 Å². The molecule has 32 heavy (non-hydrogen) atoms. The van der Waals surface area contributed by atoms with Crippen molar-refractivity contribution in [2.24, 2.45) is 0 Å². The molecule has 0 N–H and O–H groups in total. The van der Waals surface area contributed by atoms with E-state index in [0.29, 0.717) is 11.1 Å². The molecule has 0 amide bonds. The number of rotatable bonds is 14. The lowest BCUT2D eigenvalue weighted by Gasteiger charge is -2.13. The van der Waals surface area contributed by atoms with Crippen molar-refractivity contribution in [3.05, 3.63) is 71.8 Å². The molecule has 0 bridgehead atoms. The molecule has 0 saturated carbocycles. The smallest absolute Gasteiger partial charge is 0.290 e. The van der Waals surface area contributed by atoms with E-state index in [4.69, 9.17) is 0 Å². The third-order valence-corrected chi connectivity index (χ3v) is 5.24. The summed E-state index contributed by atoms with van der Waals surface area (Å²) < 4.78 is 76.1. The van der Waals surface area contributed by atoms with Crippen LogP contribution >= 0.6 is 8.25 Å². The van der Waals surface area contributed by atoms with Gasteiger partial charge < -0.3 is 0 Å². The van der Waals surface area contributed by atoms with Crippen LogP contribution in [-0.2, 0) is 36.0 Å². The maximum absolute atomic E-state index is 13.9. The molecule has 0 unspecified atom stereocenters. The van der Waals surface area contributed by atoms with Crippen molar-refractivity contribution in [1.82, 2.24) is 0 Å². The summed E-state index contributed by atoms with van der Waals surface area (Å²) in [6.07, 6.45) is -1.67. The summed E-state index contributed by atoms with van der Waals surface area (Å²) in [5.74, 6) is -10.7. The maximum Gasteiger partial charge on any atom is 0.698 e. The van der Waals surface area contributed by atoms with Gasteiger partial charge in [0.25, 0.3) is 0 Å². The molecule has 2 aromatic carbocycles. The van der Waals surface area contributed by atoms with Crippen LogP contribution in [0.1, 0.15) is 24.0 Å². The van der Waals surface area contributed by atoms with Crippen LogP contribution in [0.15, 0.2) is 60.7 Å². The van der Waals surface area contributed by atoms with E-state index in [2.05, 4.69) is 9.05 Å². The zero-order valence-electron chi connectivity index (χ0n) is 17.0. The minimum absolute atomic E-state index is 0.0607. The van der Waals surface area contributed by atoms with Crippen molar-refractivity contribution < 1.29 is 40.8 Å². The molecule has 172 valence electrons. The quantitative estimate of drug-likeness (QED) is 0.273. The van der Waals surface area contributed by atoms with Gasteiger partial charge in [-0.3, -0.25) is 9.59 Å². The van der Waals surface area contributed by atoms with E-state index in [-0.39, 0.29) is 12.8 Å². The number of Topliss-reactive ketones (excluding diaryl/α,β-unsaturated/α-hetero) is 2. The van der Waals surface area contributed by atoms with Crippen LogP contribution in [0.3, 0.4) is 0 Å². The molecular weight excluding hydrogens is 451 g/mol. The summed E-state index contributed by atoms with van der Waals surface area (Å²) in [6, 6.07) is 16.7. The summed E-state index contributed by atoms with van der Waals surface area (Å²) in [4.78, 5) is 23.3. The second-order valence-electron chi connectivity index (χ2n) is 7.00. The van der Waals surface area contributed by atoms with E-state index >= 15 is 0 Å². The number of benzene rings is 2. The number of alkyl halides is 4. The Morgan fingerprint density at radius 1 is 0.688 bits per heavy atom. The van der Waals surface area contributed by atoms with Gasteiger partial charge in [0.05, 0.1) is 0 Å². The summed E-state index contributed by atoms with van der Waals surface area (Å²) in [5, 5.41) is 0. The third-order valence-electron chi connectivity index (χ3n) is 4.56. The van der Waals surface area contributed by atoms with Crippen molar-refractivity contribution in [3.63, 3.8) is 0 Å². The fraction of sp³-hybridized carbons (Fsp3) is 0.364. The van der Waals surface area contributed by atoms with Crippen LogP contribution in [0, 0.1) is 0 Å². The molecule has 2 rings (SSSR count). The third kappa shape index (κ3) is 8.57. The first kappa shape index (κ1) is 25.8. The minimum Gasteiger partial charge on any atom is -0.290 e. The lowest BCUT2D eigenvalue weighted by Crippen LogP contribution is -2.33. The fourth-order valence-corrected chi connectivity index (χ4v) is 3.16. The number of hydrogen-bond donors (Lipinski definition) is 0. The van der Waals surface area contributed by atoms with Gasteiger partial charge in [0.15, 0.2) is 13.2 Å². The number of ketones is 2. The predicted octanol–water partition coefficient (Wildman–Crippen LogP) is 5.35. The largest absolute Gasteiger partial charge is 0.698 e. The van der Waals surface area contributed by atoms with E-state index in [9.17, 15) is 31.7 Å². The highest BCUT2D eigenvalue weighted by Gasteiger charge is 2.42. The fourth-order valence-electron chi connectivity index (χ4n) is 2.64. The Morgan fingerprint density at radius 3 is 1.38 bits per heavy atom. The van der Waals surface area contributed by atoms with Crippen molar-refractivity contribution >= 4 is 19.8 Å². The van der Waals surface area contributed by atoms with Gasteiger partial charge in [-0.1, -0.05) is 60.7 Å². The Labute approximate surface area is 183 Å². The highest BCUT2D eigenvalue weighted by atomic mass is 31.1. The van der Waals surface area contributed by atoms with E-state index in [1.807, 2.05) is 0 Å². The molecule has 0 aliphatic carbocycles. The zero-order chi connectivity index (χ0) is 23.6. The monoisotopic (exact) mass is 473 g/mol.